The number of amides is 1. The number of carbonyl (C=O) groups is 2. The Morgan fingerprint density at radius 2 is 2.00 bits per heavy atom. The Hall–Kier alpha value is -2.02. The van der Waals surface area contributed by atoms with E-state index in [4.69, 9.17) is 9.84 Å². The molecule has 1 unspecified atom stereocenters. The van der Waals surface area contributed by atoms with Gasteiger partial charge >= 0.3 is 5.97 Å². The molecule has 0 aliphatic heterocycles. The van der Waals surface area contributed by atoms with Gasteiger partial charge in [0.2, 0.25) is 0 Å². The number of rotatable bonds is 6. The molecule has 1 amide bonds. The number of halogens is 2. The van der Waals surface area contributed by atoms with Crippen molar-refractivity contribution >= 4 is 11.9 Å². The molecule has 0 aliphatic rings. The second-order valence-electron chi connectivity index (χ2n) is 4.23. The molecule has 1 rings (SSSR count). The van der Waals surface area contributed by atoms with Crippen LogP contribution in [0, 0.1) is 18.6 Å². The molecule has 110 valence electrons. The number of ether oxygens (including phenoxy) is 1. The third-order valence-electron chi connectivity index (χ3n) is 2.71. The molecule has 1 atom stereocenters. The summed E-state index contributed by atoms with van der Waals surface area (Å²) >= 11 is 0. The highest BCUT2D eigenvalue weighted by molar-refractivity contribution is 5.97. The van der Waals surface area contributed by atoms with Crippen LogP contribution < -0.4 is 5.32 Å². The molecule has 0 aliphatic carbocycles. The van der Waals surface area contributed by atoms with Crippen molar-refractivity contribution in [3.8, 4) is 0 Å². The SMILES string of the molecule is COCCC(NC(=O)c1cc(C)c(F)cc1F)C(=O)O. The predicted octanol–water partition coefficient (Wildman–Crippen LogP) is 1.49. The standard InChI is InChI=1S/C13H15F2NO4/c1-7-5-8(10(15)6-9(7)14)12(17)16-11(13(18)19)3-4-20-2/h5-6,11H,3-4H2,1-2H3,(H,16,17)(H,18,19). The number of hydrogen-bond donors (Lipinski definition) is 2. The molecule has 7 heteroatoms. The molecule has 0 aromatic heterocycles. The summed E-state index contributed by atoms with van der Waals surface area (Å²) in [5.41, 5.74) is -0.298. The van der Waals surface area contributed by atoms with Gasteiger partial charge in [-0.25, -0.2) is 13.6 Å². The summed E-state index contributed by atoms with van der Waals surface area (Å²) in [5.74, 6) is -3.97. The lowest BCUT2D eigenvalue weighted by Crippen LogP contribution is -2.41. The Balaban J connectivity index is 2.89. The summed E-state index contributed by atoms with van der Waals surface area (Å²) in [6.07, 6.45) is 0.0410. The quantitative estimate of drug-likeness (QED) is 0.831. The molecule has 5 nitrogen and oxygen atoms in total. The molecule has 1 aromatic rings. The van der Waals surface area contributed by atoms with Crippen LogP contribution in [-0.2, 0) is 9.53 Å². The lowest BCUT2D eigenvalue weighted by molar-refractivity contribution is -0.139. The Labute approximate surface area is 114 Å². The van der Waals surface area contributed by atoms with Crippen LogP contribution in [-0.4, -0.2) is 36.7 Å². The first-order valence-corrected chi connectivity index (χ1v) is 5.85. The van der Waals surface area contributed by atoms with Crippen molar-refractivity contribution in [2.45, 2.75) is 19.4 Å². The monoisotopic (exact) mass is 287 g/mol. The second-order valence-corrected chi connectivity index (χ2v) is 4.23. The Morgan fingerprint density at radius 3 is 2.55 bits per heavy atom. The predicted molar refractivity (Wildman–Crippen MR) is 66.5 cm³/mol. The number of aliphatic carboxylic acids is 1. The van der Waals surface area contributed by atoms with Crippen molar-refractivity contribution < 1.29 is 28.2 Å². The van der Waals surface area contributed by atoms with Crippen molar-refractivity contribution in [2.24, 2.45) is 0 Å². The average molecular weight is 287 g/mol. The zero-order valence-electron chi connectivity index (χ0n) is 11.1. The van der Waals surface area contributed by atoms with E-state index in [1.165, 1.54) is 14.0 Å². The zero-order chi connectivity index (χ0) is 15.3. The Morgan fingerprint density at radius 1 is 1.35 bits per heavy atom. The fraction of sp³-hybridized carbons (Fsp3) is 0.385. The minimum absolute atomic E-state index is 0.0410. The molecule has 1 aromatic carbocycles. The molecular formula is C13H15F2NO4. The van der Waals surface area contributed by atoms with Crippen LogP contribution in [0.4, 0.5) is 8.78 Å². The number of aryl methyl sites for hydroxylation is 1. The smallest absolute Gasteiger partial charge is 0.326 e. The number of hydrogen-bond acceptors (Lipinski definition) is 3. The number of carboxylic acids is 1. The largest absolute Gasteiger partial charge is 0.480 e. The van der Waals surface area contributed by atoms with E-state index in [0.717, 1.165) is 6.07 Å². The van der Waals surface area contributed by atoms with Crippen molar-refractivity contribution in [1.82, 2.24) is 5.32 Å². The van der Waals surface area contributed by atoms with E-state index in [9.17, 15) is 18.4 Å². The topological polar surface area (TPSA) is 75.6 Å². The summed E-state index contributed by atoms with van der Waals surface area (Å²) in [5, 5.41) is 11.1. The van der Waals surface area contributed by atoms with Crippen LogP contribution in [0.5, 0.6) is 0 Å². The van der Waals surface area contributed by atoms with E-state index in [1.807, 2.05) is 0 Å². The molecule has 20 heavy (non-hydrogen) atoms. The molecule has 0 fully saturated rings. The summed E-state index contributed by atoms with van der Waals surface area (Å²) in [6, 6.07) is 0.428. The summed E-state index contributed by atoms with van der Waals surface area (Å²) in [7, 11) is 1.39. The van der Waals surface area contributed by atoms with Crippen LogP contribution >= 0.6 is 0 Å². The van der Waals surface area contributed by atoms with Gasteiger partial charge in [-0.05, 0) is 18.6 Å². The van der Waals surface area contributed by atoms with Gasteiger partial charge in [0.05, 0.1) is 5.56 Å². The second kappa shape index (κ2) is 6.95. The van der Waals surface area contributed by atoms with Crippen LogP contribution in [0.2, 0.25) is 0 Å². The minimum Gasteiger partial charge on any atom is -0.480 e. The van der Waals surface area contributed by atoms with Gasteiger partial charge in [-0.1, -0.05) is 0 Å². The maximum Gasteiger partial charge on any atom is 0.326 e. The first-order valence-electron chi connectivity index (χ1n) is 5.85. The van der Waals surface area contributed by atoms with Gasteiger partial charge in [-0.15, -0.1) is 0 Å². The van der Waals surface area contributed by atoms with Crippen LogP contribution in [0.3, 0.4) is 0 Å². The number of carbonyl (C=O) groups excluding carboxylic acids is 1. The number of methoxy groups -OCH3 is 1. The van der Waals surface area contributed by atoms with Gasteiger partial charge in [0.1, 0.15) is 17.7 Å². The van der Waals surface area contributed by atoms with Crippen molar-refractivity contribution in [1.29, 1.82) is 0 Å². The molecule has 2 N–H and O–H groups in total. The van der Waals surface area contributed by atoms with Gasteiger partial charge in [0.15, 0.2) is 0 Å². The lowest BCUT2D eigenvalue weighted by Gasteiger charge is -2.14. The highest BCUT2D eigenvalue weighted by Gasteiger charge is 2.22. The average Bonchev–Trinajstić information content (AvgIpc) is 2.38. The van der Waals surface area contributed by atoms with Crippen molar-refractivity contribution in [3.05, 3.63) is 34.9 Å². The summed E-state index contributed by atoms with van der Waals surface area (Å²) < 4.78 is 31.3. The maximum atomic E-state index is 13.5. The maximum absolute atomic E-state index is 13.5. The van der Waals surface area contributed by atoms with Gasteiger partial charge in [0.25, 0.3) is 5.91 Å². The molecule has 0 radical (unpaired) electrons. The molecule has 0 spiro atoms. The lowest BCUT2D eigenvalue weighted by atomic mass is 10.1. The summed E-state index contributed by atoms with van der Waals surface area (Å²) in [4.78, 5) is 22.8. The van der Waals surface area contributed by atoms with Crippen LogP contribution in [0.25, 0.3) is 0 Å². The number of benzene rings is 1. The van der Waals surface area contributed by atoms with E-state index in [2.05, 4.69) is 5.32 Å². The normalized spacial score (nSPS) is 12.0. The zero-order valence-corrected chi connectivity index (χ0v) is 11.1. The van der Waals surface area contributed by atoms with E-state index >= 15 is 0 Å². The molecular weight excluding hydrogens is 272 g/mol. The minimum atomic E-state index is -1.25. The van der Waals surface area contributed by atoms with E-state index in [-0.39, 0.29) is 18.6 Å². The number of carboxylic acid groups (broad SMARTS) is 1. The molecule has 0 saturated carbocycles. The van der Waals surface area contributed by atoms with E-state index in [0.29, 0.717) is 6.07 Å². The fourth-order valence-electron chi connectivity index (χ4n) is 1.56. The van der Waals surface area contributed by atoms with Gasteiger partial charge < -0.3 is 15.2 Å². The van der Waals surface area contributed by atoms with Crippen LogP contribution in [0.1, 0.15) is 22.3 Å². The van der Waals surface area contributed by atoms with E-state index < -0.39 is 35.1 Å². The highest BCUT2D eigenvalue weighted by atomic mass is 19.1. The van der Waals surface area contributed by atoms with Gasteiger partial charge in [-0.3, -0.25) is 4.79 Å². The van der Waals surface area contributed by atoms with Gasteiger partial charge in [-0.2, -0.15) is 0 Å². The summed E-state index contributed by atoms with van der Waals surface area (Å²) in [6.45, 7) is 1.51. The molecule has 0 heterocycles. The third-order valence-corrected chi connectivity index (χ3v) is 2.71. The van der Waals surface area contributed by atoms with Crippen molar-refractivity contribution in [3.63, 3.8) is 0 Å². The molecule has 0 saturated heterocycles. The van der Waals surface area contributed by atoms with Crippen LogP contribution in [0.15, 0.2) is 12.1 Å². The first-order chi connectivity index (χ1) is 9.36. The Bertz CT molecular complexity index is 519. The third kappa shape index (κ3) is 3.99. The highest BCUT2D eigenvalue weighted by Crippen LogP contribution is 2.14. The van der Waals surface area contributed by atoms with Crippen molar-refractivity contribution in [2.75, 3.05) is 13.7 Å². The van der Waals surface area contributed by atoms with Gasteiger partial charge in [0, 0.05) is 26.2 Å². The fourth-order valence-corrected chi connectivity index (χ4v) is 1.56. The Kier molecular flexibility index (Phi) is 5.57. The molecule has 0 bridgehead atoms. The van der Waals surface area contributed by atoms with E-state index in [1.54, 1.807) is 0 Å². The number of nitrogens with one attached hydrogen (secondary N) is 1. The first kappa shape index (κ1) is 16.0.